The Kier molecular flexibility index (Phi) is 5.21. The van der Waals surface area contributed by atoms with Crippen LogP contribution in [-0.4, -0.2) is 52.7 Å². The van der Waals surface area contributed by atoms with Gasteiger partial charge in [0.25, 0.3) is 0 Å². The lowest BCUT2D eigenvalue weighted by Gasteiger charge is -2.48. The standard InChI is InChI=1S/C32H38O8/c1-13-7-8-18-26(22-14(2)9-19(34)21(13)22)40-29(36)32(18)11-17-10-30(32,5)25-24(17)31(6,37)12-20(38-16(4)33)23-15(3)28(35)39-27(23)25/h9,15,17-18,20,22-23,26-27,37H,7-8,10-12H2,1-6H3/t15-,17+,18-,20-,22-,23+,26-,27-,30+,31-,32+/m0/s1. The summed E-state index contributed by atoms with van der Waals surface area (Å²) in [6.45, 7) is 11.0. The largest absolute Gasteiger partial charge is 0.462 e. The average Bonchev–Trinajstić information content (AvgIpc) is 3.53. The molecule has 40 heavy (non-hydrogen) atoms. The van der Waals surface area contributed by atoms with Crippen LogP contribution in [0.3, 0.4) is 0 Å². The van der Waals surface area contributed by atoms with Crippen LogP contribution in [0, 0.1) is 40.4 Å². The highest BCUT2D eigenvalue weighted by Gasteiger charge is 2.77. The molecule has 5 aliphatic carbocycles. The highest BCUT2D eigenvalue weighted by molar-refractivity contribution is 6.09. The lowest BCUT2D eigenvalue weighted by atomic mass is 9.52. The maximum atomic E-state index is 14.3. The molecule has 0 aromatic rings. The van der Waals surface area contributed by atoms with Crippen LogP contribution in [-0.2, 0) is 33.4 Å². The number of ketones is 1. The van der Waals surface area contributed by atoms with E-state index in [4.69, 9.17) is 14.2 Å². The van der Waals surface area contributed by atoms with Gasteiger partial charge in [-0.1, -0.05) is 25.0 Å². The highest BCUT2D eigenvalue weighted by Crippen LogP contribution is 2.76. The van der Waals surface area contributed by atoms with Gasteiger partial charge in [-0.2, -0.15) is 0 Å². The smallest absolute Gasteiger partial charge is 0.313 e. The molecule has 2 aliphatic heterocycles. The van der Waals surface area contributed by atoms with Crippen molar-refractivity contribution < 1.29 is 38.5 Å². The Bertz CT molecular complexity index is 1380. The fourth-order valence-electron chi connectivity index (χ4n) is 10.6. The van der Waals surface area contributed by atoms with Gasteiger partial charge >= 0.3 is 17.9 Å². The van der Waals surface area contributed by atoms with Gasteiger partial charge in [0, 0.05) is 36.2 Å². The van der Waals surface area contributed by atoms with Crippen molar-refractivity contribution in [1.29, 1.82) is 0 Å². The summed E-state index contributed by atoms with van der Waals surface area (Å²) < 4.78 is 18.2. The summed E-state index contributed by atoms with van der Waals surface area (Å²) in [7, 11) is 0. The van der Waals surface area contributed by atoms with E-state index in [1.165, 1.54) is 6.92 Å². The Morgan fingerprint density at radius 2 is 1.80 bits per heavy atom. The van der Waals surface area contributed by atoms with Crippen LogP contribution in [0.15, 0.2) is 33.9 Å². The number of hydrogen-bond acceptors (Lipinski definition) is 8. The van der Waals surface area contributed by atoms with Crippen molar-refractivity contribution in [2.75, 3.05) is 0 Å². The zero-order valence-corrected chi connectivity index (χ0v) is 24.0. The third-order valence-electron chi connectivity index (χ3n) is 11.9. The molecule has 1 saturated carbocycles. The minimum Gasteiger partial charge on any atom is -0.462 e. The quantitative estimate of drug-likeness (QED) is 0.298. The molecule has 0 aromatic carbocycles. The Morgan fingerprint density at radius 1 is 1.07 bits per heavy atom. The molecule has 7 aliphatic rings. The number of esters is 3. The van der Waals surface area contributed by atoms with Crippen LogP contribution in [0.25, 0.3) is 0 Å². The fraction of sp³-hybridized carbons (Fsp3) is 0.688. The van der Waals surface area contributed by atoms with E-state index < -0.39 is 52.5 Å². The topological polar surface area (TPSA) is 116 Å². The Balaban J connectivity index is 1.38. The zero-order chi connectivity index (χ0) is 28.7. The predicted octanol–water partition coefficient (Wildman–Crippen LogP) is 3.76. The van der Waals surface area contributed by atoms with Crippen molar-refractivity contribution in [3.63, 3.8) is 0 Å². The van der Waals surface area contributed by atoms with E-state index in [1.807, 2.05) is 13.8 Å². The number of carbonyl (C=O) groups is 4. The number of carbonyl (C=O) groups excluding carboxylic acids is 4. The second kappa shape index (κ2) is 7.96. The van der Waals surface area contributed by atoms with Crippen molar-refractivity contribution in [2.24, 2.45) is 40.4 Å². The molecule has 7 rings (SSSR count). The van der Waals surface area contributed by atoms with Crippen molar-refractivity contribution in [1.82, 2.24) is 0 Å². The van der Waals surface area contributed by atoms with Crippen molar-refractivity contribution >= 4 is 23.7 Å². The van der Waals surface area contributed by atoms with Crippen molar-refractivity contribution in [3.05, 3.63) is 33.9 Å². The van der Waals surface area contributed by atoms with Crippen LogP contribution < -0.4 is 0 Å². The van der Waals surface area contributed by atoms with E-state index in [-0.39, 0.29) is 41.9 Å². The average molecular weight is 551 g/mol. The van der Waals surface area contributed by atoms with E-state index in [9.17, 15) is 24.3 Å². The lowest BCUT2D eigenvalue weighted by Crippen LogP contribution is -2.51. The summed E-state index contributed by atoms with van der Waals surface area (Å²) in [5.41, 5.74) is 1.61. The van der Waals surface area contributed by atoms with Gasteiger partial charge < -0.3 is 19.3 Å². The Hall–Kier alpha value is -2.74. The molecule has 1 N–H and O–H groups in total. The molecule has 11 atom stereocenters. The number of fused-ring (bicyclic) bond motifs is 11. The first-order valence-corrected chi connectivity index (χ1v) is 14.7. The minimum absolute atomic E-state index is 0.0211. The lowest BCUT2D eigenvalue weighted by molar-refractivity contribution is -0.154. The molecule has 2 saturated heterocycles. The molecule has 8 heteroatoms. The number of rotatable bonds is 1. The van der Waals surface area contributed by atoms with Gasteiger partial charge in [0.2, 0.25) is 0 Å². The van der Waals surface area contributed by atoms with Gasteiger partial charge in [-0.15, -0.1) is 0 Å². The third kappa shape index (κ3) is 2.96. The van der Waals surface area contributed by atoms with Gasteiger partial charge in [-0.3, -0.25) is 19.2 Å². The van der Waals surface area contributed by atoms with Gasteiger partial charge in [0.05, 0.1) is 22.9 Å². The molecule has 8 nitrogen and oxygen atoms in total. The highest BCUT2D eigenvalue weighted by atomic mass is 16.6. The third-order valence-corrected chi connectivity index (χ3v) is 11.9. The molecular formula is C32H38O8. The van der Waals surface area contributed by atoms with E-state index >= 15 is 0 Å². The first kappa shape index (κ1) is 26.2. The first-order valence-electron chi connectivity index (χ1n) is 14.7. The molecule has 0 aromatic heterocycles. The molecule has 0 amide bonds. The summed E-state index contributed by atoms with van der Waals surface area (Å²) in [5.74, 6) is -2.46. The molecule has 0 unspecified atom stereocenters. The van der Waals surface area contributed by atoms with Gasteiger partial charge in [0.1, 0.15) is 18.3 Å². The molecule has 1 spiro atoms. The number of hydrogen-bond donors (Lipinski definition) is 1. The van der Waals surface area contributed by atoms with E-state index in [0.29, 0.717) is 12.8 Å². The molecular weight excluding hydrogens is 512 g/mol. The van der Waals surface area contributed by atoms with Crippen LogP contribution in [0.2, 0.25) is 0 Å². The van der Waals surface area contributed by atoms with Gasteiger partial charge in [-0.05, 0) is 69.6 Å². The summed E-state index contributed by atoms with van der Waals surface area (Å²) in [5, 5.41) is 12.0. The SMILES string of the molecule is CC(=O)O[C@H]1C[C@](C)(O)C2=C([C@H]3OC(=O)[C@@H](C)[C@H]13)[C@@]1(C)C[C@@H]2C[C@@]12C(=O)O[C@@H]1[C@H]3C(C)=CC(=O)C3=C(C)CC[C@@H]12. The molecule has 2 heterocycles. The molecule has 214 valence electrons. The minimum atomic E-state index is -1.29. The molecule has 3 fully saturated rings. The van der Waals surface area contributed by atoms with Crippen LogP contribution in [0.4, 0.5) is 0 Å². The summed E-state index contributed by atoms with van der Waals surface area (Å²) >= 11 is 0. The maximum Gasteiger partial charge on any atom is 0.313 e. The Morgan fingerprint density at radius 3 is 2.50 bits per heavy atom. The van der Waals surface area contributed by atoms with Crippen molar-refractivity contribution in [3.8, 4) is 0 Å². The molecule has 2 bridgehead atoms. The summed E-state index contributed by atoms with van der Waals surface area (Å²) in [6.07, 6.45) is 2.71. The maximum absolute atomic E-state index is 14.3. The van der Waals surface area contributed by atoms with E-state index in [2.05, 4.69) is 6.92 Å². The zero-order valence-electron chi connectivity index (χ0n) is 24.0. The number of ether oxygens (including phenoxy) is 3. The van der Waals surface area contributed by atoms with Gasteiger partial charge in [0.15, 0.2) is 5.78 Å². The second-order valence-corrected chi connectivity index (χ2v) is 14.0. The fourth-order valence-corrected chi connectivity index (χ4v) is 10.6. The number of allylic oxidation sites excluding steroid dienone is 2. The van der Waals surface area contributed by atoms with Crippen molar-refractivity contribution in [2.45, 2.75) is 97.6 Å². The van der Waals surface area contributed by atoms with Gasteiger partial charge in [-0.25, -0.2) is 0 Å². The van der Waals surface area contributed by atoms with Crippen LogP contribution in [0.1, 0.15) is 73.6 Å². The van der Waals surface area contributed by atoms with E-state index in [1.54, 1.807) is 19.9 Å². The first-order chi connectivity index (χ1) is 18.7. The molecule has 0 radical (unpaired) electrons. The summed E-state index contributed by atoms with van der Waals surface area (Å²) in [4.78, 5) is 52.4. The van der Waals surface area contributed by atoms with Crippen LogP contribution in [0.5, 0.6) is 0 Å². The Labute approximate surface area is 234 Å². The normalized spacial score (nSPS) is 48.8. The monoisotopic (exact) mass is 550 g/mol. The number of aliphatic hydroxyl groups is 1. The summed E-state index contributed by atoms with van der Waals surface area (Å²) in [6, 6.07) is 0. The van der Waals surface area contributed by atoms with E-state index in [0.717, 1.165) is 40.7 Å². The second-order valence-electron chi connectivity index (χ2n) is 14.0. The predicted molar refractivity (Wildman–Crippen MR) is 141 cm³/mol. The van der Waals surface area contributed by atoms with Crippen LogP contribution >= 0.6 is 0 Å².